The first kappa shape index (κ1) is 20.4. The molecule has 28 heavy (non-hydrogen) atoms. The Bertz CT molecular complexity index is 849. The summed E-state index contributed by atoms with van der Waals surface area (Å²) in [6, 6.07) is 6.23. The van der Waals surface area contributed by atoms with Crippen LogP contribution in [0.25, 0.3) is 0 Å². The normalized spacial score (nSPS) is 14.8. The summed E-state index contributed by atoms with van der Waals surface area (Å²) in [6.07, 6.45) is 0. The minimum absolute atomic E-state index is 0.115. The third-order valence-corrected chi connectivity index (χ3v) is 5.14. The zero-order valence-corrected chi connectivity index (χ0v) is 16.9. The number of urea groups is 1. The van der Waals surface area contributed by atoms with Crippen LogP contribution >= 0.6 is 23.2 Å². The maximum Gasteiger partial charge on any atom is 0.319 e. The van der Waals surface area contributed by atoms with Gasteiger partial charge in [-0.3, -0.25) is 9.69 Å². The molecule has 0 atom stereocenters. The van der Waals surface area contributed by atoms with E-state index in [1.165, 1.54) is 0 Å². The van der Waals surface area contributed by atoms with Crippen molar-refractivity contribution in [3.63, 3.8) is 0 Å². The van der Waals surface area contributed by atoms with Gasteiger partial charge in [0.2, 0.25) is 0 Å². The van der Waals surface area contributed by atoms with Crippen LogP contribution in [0.1, 0.15) is 16.2 Å². The number of halogens is 2. The van der Waals surface area contributed by atoms with Gasteiger partial charge >= 0.3 is 6.03 Å². The molecule has 0 radical (unpaired) electrons. The Hall–Kier alpha value is -2.29. The number of piperazine rings is 1. The van der Waals surface area contributed by atoms with Crippen LogP contribution in [0.3, 0.4) is 0 Å². The summed E-state index contributed by atoms with van der Waals surface area (Å²) >= 11 is 11.8. The van der Waals surface area contributed by atoms with E-state index in [-0.39, 0.29) is 11.9 Å². The van der Waals surface area contributed by atoms with E-state index >= 15 is 0 Å². The highest BCUT2D eigenvalue weighted by Crippen LogP contribution is 2.24. The van der Waals surface area contributed by atoms with Crippen molar-refractivity contribution >= 4 is 40.8 Å². The van der Waals surface area contributed by atoms with Crippen LogP contribution in [-0.2, 0) is 0 Å². The van der Waals surface area contributed by atoms with Crippen molar-refractivity contribution in [2.45, 2.75) is 6.92 Å². The number of aryl methyl sites for hydroxylation is 1. The third kappa shape index (κ3) is 5.37. The molecule has 0 saturated carbocycles. The molecule has 0 spiro atoms. The summed E-state index contributed by atoms with van der Waals surface area (Å²) in [7, 11) is 0. The van der Waals surface area contributed by atoms with Crippen molar-refractivity contribution in [1.82, 2.24) is 20.3 Å². The molecule has 2 N–H and O–H groups in total. The van der Waals surface area contributed by atoms with Crippen molar-refractivity contribution in [3.05, 3.63) is 45.8 Å². The van der Waals surface area contributed by atoms with E-state index in [0.29, 0.717) is 53.4 Å². The Morgan fingerprint density at radius 1 is 1.14 bits per heavy atom. The van der Waals surface area contributed by atoms with Crippen LogP contribution in [0, 0.1) is 6.92 Å². The average Bonchev–Trinajstić information content (AvgIpc) is 3.11. The monoisotopic (exact) mass is 425 g/mol. The second kappa shape index (κ2) is 9.27. The molecular weight excluding hydrogens is 405 g/mol. The molecule has 0 aliphatic carbocycles. The molecule has 2 heterocycles. The lowest BCUT2D eigenvalue weighted by Crippen LogP contribution is -2.50. The highest BCUT2D eigenvalue weighted by molar-refractivity contribution is 6.42. The van der Waals surface area contributed by atoms with Crippen molar-refractivity contribution in [3.8, 4) is 0 Å². The molecule has 1 aliphatic heterocycles. The SMILES string of the molecule is Cc1cc(C(=O)N2CCN(CCNC(=O)Nc3ccc(Cl)c(Cl)c3)CC2)no1. The van der Waals surface area contributed by atoms with Gasteiger partial charge in [-0.05, 0) is 25.1 Å². The second-order valence-electron chi connectivity index (χ2n) is 6.47. The summed E-state index contributed by atoms with van der Waals surface area (Å²) in [6.45, 7) is 5.63. The number of nitrogens with one attached hydrogen (secondary N) is 2. The maximum atomic E-state index is 12.3. The molecule has 8 nitrogen and oxygen atoms in total. The fourth-order valence-corrected chi connectivity index (χ4v) is 3.18. The van der Waals surface area contributed by atoms with Gasteiger partial charge in [-0.25, -0.2) is 4.79 Å². The molecule has 2 aromatic rings. The molecule has 150 valence electrons. The molecule has 1 saturated heterocycles. The average molecular weight is 426 g/mol. The Morgan fingerprint density at radius 3 is 2.54 bits per heavy atom. The quantitative estimate of drug-likeness (QED) is 0.768. The van der Waals surface area contributed by atoms with Crippen LogP contribution < -0.4 is 10.6 Å². The number of amides is 3. The summed E-state index contributed by atoms with van der Waals surface area (Å²) in [4.78, 5) is 28.3. The number of benzene rings is 1. The summed E-state index contributed by atoms with van der Waals surface area (Å²) in [5.74, 6) is 0.503. The van der Waals surface area contributed by atoms with E-state index < -0.39 is 0 Å². The van der Waals surface area contributed by atoms with Gasteiger partial charge in [0.25, 0.3) is 5.91 Å². The van der Waals surface area contributed by atoms with Crippen LogP contribution in [0.15, 0.2) is 28.8 Å². The van der Waals surface area contributed by atoms with E-state index in [2.05, 4.69) is 20.7 Å². The predicted molar refractivity (Wildman–Crippen MR) is 107 cm³/mol. The number of carbonyl (C=O) groups is 2. The van der Waals surface area contributed by atoms with Gasteiger partial charge in [0.05, 0.1) is 10.0 Å². The number of rotatable bonds is 5. The Labute approximate surface area is 172 Å². The van der Waals surface area contributed by atoms with Gasteiger partial charge in [0.15, 0.2) is 5.69 Å². The number of aromatic nitrogens is 1. The van der Waals surface area contributed by atoms with Gasteiger partial charge < -0.3 is 20.1 Å². The Balaban J connectivity index is 1.36. The molecule has 1 aromatic heterocycles. The van der Waals surface area contributed by atoms with Gasteiger partial charge in [-0.15, -0.1) is 0 Å². The maximum absolute atomic E-state index is 12.3. The van der Waals surface area contributed by atoms with Crippen molar-refractivity contribution in [2.75, 3.05) is 44.6 Å². The molecule has 1 aromatic carbocycles. The van der Waals surface area contributed by atoms with Crippen LogP contribution in [0.5, 0.6) is 0 Å². The van der Waals surface area contributed by atoms with Crippen molar-refractivity contribution in [1.29, 1.82) is 0 Å². The molecule has 1 aliphatic rings. The van der Waals surface area contributed by atoms with Gasteiger partial charge in [-0.1, -0.05) is 28.4 Å². The molecule has 0 bridgehead atoms. The van der Waals surface area contributed by atoms with Crippen molar-refractivity contribution < 1.29 is 14.1 Å². The summed E-state index contributed by atoms with van der Waals surface area (Å²) in [5.41, 5.74) is 0.911. The van der Waals surface area contributed by atoms with Crippen LogP contribution in [0.2, 0.25) is 10.0 Å². The first-order valence-corrected chi connectivity index (χ1v) is 9.63. The smallest absolute Gasteiger partial charge is 0.319 e. The largest absolute Gasteiger partial charge is 0.361 e. The minimum atomic E-state index is -0.311. The second-order valence-corrected chi connectivity index (χ2v) is 7.28. The molecule has 3 amide bonds. The Morgan fingerprint density at radius 2 is 1.89 bits per heavy atom. The lowest BCUT2D eigenvalue weighted by Gasteiger charge is -2.34. The zero-order chi connectivity index (χ0) is 20.1. The first-order chi connectivity index (χ1) is 13.4. The molecule has 3 rings (SSSR count). The number of anilines is 1. The highest BCUT2D eigenvalue weighted by Gasteiger charge is 2.24. The van der Waals surface area contributed by atoms with Crippen molar-refractivity contribution in [2.24, 2.45) is 0 Å². The van der Waals surface area contributed by atoms with Gasteiger partial charge in [0, 0.05) is 51.0 Å². The summed E-state index contributed by atoms with van der Waals surface area (Å²) in [5, 5.41) is 10.1. The topological polar surface area (TPSA) is 90.7 Å². The van der Waals surface area contributed by atoms with Gasteiger partial charge in [-0.2, -0.15) is 0 Å². The lowest BCUT2D eigenvalue weighted by molar-refractivity contribution is 0.0629. The standard InChI is InChI=1S/C18H21Cl2N5O3/c1-12-10-16(23-28-12)17(26)25-8-6-24(7-9-25)5-4-21-18(27)22-13-2-3-14(19)15(20)11-13/h2-3,10-11H,4-9H2,1H3,(H2,21,22,27). The first-order valence-electron chi connectivity index (χ1n) is 8.87. The van der Waals surface area contributed by atoms with E-state index in [1.807, 2.05) is 0 Å². The lowest BCUT2D eigenvalue weighted by atomic mass is 10.2. The fraction of sp³-hybridized carbons (Fsp3) is 0.389. The zero-order valence-electron chi connectivity index (χ0n) is 15.4. The number of carbonyl (C=O) groups excluding carboxylic acids is 2. The van der Waals surface area contributed by atoms with Gasteiger partial charge in [0.1, 0.15) is 5.76 Å². The number of hydrogen-bond acceptors (Lipinski definition) is 5. The minimum Gasteiger partial charge on any atom is -0.361 e. The molecule has 10 heteroatoms. The predicted octanol–water partition coefficient (Wildman–Crippen LogP) is 2.87. The summed E-state index contributed by atoms with van der Waals surface area (Å²) < 4.78 is 4.96. The highest BCUT2D eigenvalue weighted by atomic mass is 35.5. The third-order valence-electron chi connectivity index (χ3n) is 4.40. The number of hydrogen-bond donors (Lipinski definition) is 2. The number of nitrogens with zero attached hydrogens (tertiary/aromatic N) is 3. The fourth-order valence-electron chi connectivity index (χ4n) is 2.88. The molecular formula is C18H21Cl2N5O3. The van der Waals surface area contributed by atoms with E-state index in [4.69, 9.17) is 27.7 Å². The molecule has 0 unspecified atom stereocenters. The van der Waals surface area contributed by atoms with E-state index in [0.717, 1.165) is 13.1 Å². The molecule has 1 fully saturated rings. The van der Waals surface area contributed by atoms with E-state index in [9.17, 15) is 9.59 Å². The van der Waals surface area contributed by atoms with Crippen LogP contribution in [-0.4, -0.2) is 66.2 Å². The Kier molecular flexibility index (Phi) is 6.77. The van der Waals surface area contributed by atoms with E-state index in [1.54, 1.807) is 36.1 Å². The van der Waals surface area contributed by atoms with Crippen LogP contribution in [0.4, 0.5) is 10.5 Å².